The Hall–Kier alpha value is -1.55. The van der Waals surface area contributed by atoms with E-state index in [0.717, 1.165) is 36.5 Å². The molecule has 4 N–H and O–H groups in total. The molecular formula is C17H25N3O. The van der Waals surface area contributed by atoms with Crippen LogP contribution in [0.2, 0.25) is 0 Å². The van der Waals surface area contributed by atoms with Crippen molar-refractivity contribution in [1.82, 2.24) is 4.90 Å². The monoisotopic (exact) mass is 287 g/mol. The van der Waals surface area contributed by atoms with E-state index in [1.54, 1.807) is 0 Å². The normalized spacial score (nSPS) is 27.4. The summed E-state index contributed by atoms with van der Waals surface area (Å²) in [4.78, 5) is 13.6. The van der Waals surface area contributed by atoms with E-state index < -0.39 is 0 Å². The SMILES string of the molecule is NC(=O)CN(Cc1ccc(N)cc1)CC1CC2CCC1C2. The van der Waals surface area contributed by atoms with Gasteiger partial charge in [0.25, 0.3) is 0 Å². The first-order valence-corrected chi connectivity index (χ1v) is 7.95. The van der Waals surface area contributed by atoms with Crippen molar-refractivity contribution in [2.45, 2.75) is 32.2 Å². The zero-order chi connectivity index (χ0) is 14.8. The highest BCUT2D eigenvalue weighted by molar-refractivity contribution is 5.75. The van der Waals surface area contributed by atoms with Crippen LogP contribution in [0.25, 0.3) is 0 Å². The summed E-state index contributed by atoms with van der Waals surface area (Å²) in [6.45, 7) is 2.11. The molecule has 114 valence electrons. The van der Waals surface area contributed by atoms with Crippen molar-refractivity contribution in [3.63, 3.8) is 0 Å². The van der Waals surface area contributed by atoms with Crippen LogP contribution in [-0.2, 0) is 11.3 Å². The molecule has 0 spiro atoms. The summed E-state index contributed by atoms with van der Waals surface area (Å²) in [5.74, 6) is 2.31. The number of carbonyl (C=O) groups is 1. The van der Waals surface area contributed by atoms with Crippen molar-refractivity contribution >= 4 is 11.6 Å². The van der Waals surface area contributed by atoms with E-state index in [-0.39, 0.29) is 5.91 Å². The molecule has 2 fully saturated rings. The molecule has 4 nitrogen and oxygen atoms in total. The molecule has 0 aromatic heterocycles. The number of rotatable bonds is 6. The zero-order valence-electron chi connectivity index (χ0n) is 12.5. The fourth-order valence-corrected chi connectivity index (χ4v) is 4.22. The smallest absolute Gasteiger partial charge is 0.231 e. The van der Waals surface area contributed by atoms with Crippen molar-refractivity contribution in [3.8, 4) is 0 Å². The van der Waals surface area contributed by atoms with Gasteiger partial charge in [0.15, 0.2) is 0 Å². The molecule has 2 aliphatic carbocycles. The Morgan fingerprint density at radius 2 is 1.95 bits per heavy atom. The molecular weight excluding hydrogens is 262 g/mol. The minimum absolute atomic E-state index is 0.242. The molecule has 1 aromatic rings. The van der Waals surface area contributed by atoms with E-state index in [0.29, 0.717) is 6.54 Å². The second-order valence-corrected chi connectivity index (χ2v) is 6.81. The van der Waals surface area contributed by atoms with Gasteiger partial charge in [0, 0.05) is 18.8 Å². The molecule has 2 saturated carbocycles. The van der Waals surface area contributed by atoms with E-state index in [1.807, 2.05) is 24.3 Å². The standard InChI is InChI=1S/C17H25N3O/c18-16-5-2-12(3-6-16)9-20(11-17(19)21)10-15-8-13-1-4-14(15)7-13/h2-3,5-6,13-15H,1,4,7-11,18H2,(H2,19,21). The Kier molecular flexibility index (Phi) is 4.15. The van der Waals surface area contributed by atoms with Crippen molar-refractivity contribution in [2.24, 2.45) is 23.5 Å². The van der Waals surface area contributed by atoms with Crippen LogP contribution in [0.3, 0.4) is 0 Å². The van der Waals surface area contributed by atoms with Crippen LogP contribution in [0.1, 0.15) is 31.2 Å². The van der Waals surface area contributed by atoms with Crippen molar-refractivity contribution in [3.05, 3.63) is 29.8 Å². The highest BCUT2D eigenvalue weighted by Crippen LogP contribution is 2.48. The van der Waals surface area contributed by atoms with Crippen molar-refractivity contribution in [1.29, 1.82) is 0 Å². The van der Waals surface area contributed by atoms with E-state index in [4.69, 9.17) is 11.5 Å². The molecule has 4 heteroatoms. The lowest BCUT2D eigenvalue weighted by molar-refractivity contribution is -0.119. The number of benzene rings is 1. The third-order valence-corrected chi connectivity index (χ3v) is 5.14. The maximum atomic E-state index is 11.3. The third kappa shape index (κ3) is 3.56. The molecule has 3 atom stereocenters. The van der Waals surface area contributed by atoms with Crippen LogP contribution in [0.15, 0.2) is 24.3 Å². The molecule has 0 aliphatic heterocycles. The summed E-state index contributed by atoms with van der Waals surface area (Å²) < 4.78 is 0. The maximum Gasteiger partial charge on any atom is 0.231 e. The predicted molar refractivity (Wildman–Crippen MR) is 84.3 cm³/mol. The van der Waals surface area contributed by atoms with Crippen molar-refractivity contribution in [2.75, 3.05) is 18.8 Å². The van der Waals surface area contributed by atoms with E-state index in [1.165, 1.54) is 31.2 Å². The molecule has 1 aromatic carbocycles. The quantitative estimate of drug-likeness (QED) is 0.786. The fourth-order valence-electron chi connectivity index (χ4n) is 4.22. The van der Waals surface area contributed by atoms with Gasteiger partial charge in [0.1, 0.15) is 0 Å². The number of carbonyl (C=O) groups excluding carboxylic acids is 1. The van der Waals surface area contributed by atoms with Crippen LogP contribution in [-0.4, -0.2) is 23.9 Å². The summed E-state index contributed by atoms with van der Waals surface area (Å²) in [5.41, 5.74) is 13.1. The van der Waals surface area contributed by atoms with Gasteiger partial charge in [-0.3, -0.25) is 9.69 Å². The Morgan fingerprint density at radius 1 is 1.19 bits per heavy atom. The van der Waals surface area contributed by atoms with Gasteiger partial charge in [-0.15, -0.1) is 0 Å². The van der Waals surface area contributed by atoms with Crippen LogP contribution in [0, 0.1) is 17.8 Å². The average Bonchev–Trinajstić information content (AvgIpc) is 3.03. The zero-order valence-corrected chi connectivity index (χ0v) is 12.5. The van der Waals surface area contributed by atoms with Gasteiger partial charge < -0.3 is 11.5 Å². The van der Waals surface area contributed by atoms with Gasteiger partial charge in [0.05, 0.1) is 6.54 Å². The van der Waals surface area contributed by atoms with Crippen LogP contribution in [0.5, 0.6) is 0 Å². The summed E-state index contributed by atoms with van der Waals surface area (Å²) >= 11 is 0. The first-order chi connectivity index (χ1) is 10.1. The topological polar surface area (TPSA) is 72.4 Å². The molecule has 3 rings (SSSR count). The Bertz CT molecular complexity index is 499. The Balaban J connectivity index is 1.63. The van der Waals surface area contributed by atoms with Gasteiger partial charge in [-0.25, -0.2) is 0 Å². The Morgan fingerprint density at radius 3 is 2.52 bits per heavy atom. The molecule has 0 radical (unpaired) electrons. The van der Waals surface area contributed by atoms with Crippen LogP contribution < -0.4 is 11.5 Å². The second kappa shape index (κ2) is 6.06. The first kappa shape index (κ1) is 14.4. The molecule has 21 heavy (non-hydrogen) atoms. The van der Waals surface area contributed by atoms with E-state index in [9.17, 15) is 4.79 Å². The van der Waals surface area contributed by atoms with Gasteiger partial charge >= 0.3 is 0 Å². The van der Waals surface area contributed by atoms with Gasteiger partial charge in [-0.1, -0.05) is 18.6 Å². The number of nitrogen functional groups attached to an aromatic ring is 1. The second-order valence-electron chi connectivity index (χ2n) is 6.81. The van der Waals surface area contributed by atoms with Gasteiger partial charge in [0.2, 0.25) is 5.91 Å². The van der Waals surface area contributed by atoms with Crippen LogP contribution >= 0.6 is 0 Å². The first-order valence-electron chi connectivity index (χ1n) is 7.95. The number of nitrogens with two attached hydrogens (primary N) is 2. The molecule has 2 bridgehead atoms. The highest BCUT2D eigenvalue weighted by atomic mass is 16.1. The number of nitrogens with zero attached hydrogens (tertiary/aromatic N) is 1. The number of hydrogen-bond donors (Lipinski definition) is 2. The lowest BCUT2D eigenvalue weighted by atomic mass is 9.88. The minimum atomic E-state index is -0.242. The molecule has 2 aliphatic rings. The summed E-state index contributed by atoms with van der Waals surface area (Å²) in [7, 11) is 0. The lowest BCUT2D eigenvalue weighted by Crippen LogP contribution is -2.37. The van der Waals surface area contributed by atoms with Crippen LogP contribution in [0.4, 0.5) is 5.69 Å². The van der Waals surface area contributed by atoms with Crippen molar-refractivity contribution < 1.29 is 4.79 Å². The third-order valence-electron chi connectivity index (χ3n) is 5.14. The number of hydrogen-bond acceptors (Lipinski definition) is 3. The average molecular weight is 287 g/mol. The Labute approximate surface area is 126 Å². The number of fused-ring (bicyclic) bond motifs is 2. The number of primary amides is 1. The predicted octanol–water partition coefficient (Wildman–Crippen LogP) is 1.99. The van der Waals surface area contributed by atoms with Gasteiger partial charge in [-0.2, -0.15) is 0 Å². The number of anilines is 1. The lowest BCUT2D eigenvalue weighted by Gasteiger charge is -2.29. The molecule has 1 amide bonds. The maximum absolute atomic E-state index is 11.3. The minimum Gasteiger partial charge on any atom is -0.399 e. The molecule has 3 unspecified atom stereocenters. The summed E-state index contributed by atoms with van der Waals surface area (Å²) in [6, 6.07) is 7.89. The van der Waals surface area contributed by atoms with E-state index in [2.05, 4.69) is 4.90 Å². The largest absolute Gasteiger partial charge is 0.399 e. The summed E-state index contributed by atoms with van der Waals surface area (Å²) in [6.07, 6.45) is 5.52. The van der Waals surface area contributed by atoms with E-state index >= 15 is 0 Å². The molecule has 0 heterocycles. The fraction of sp³-hybridized carbons (Fsp3) is 0.588. The summed E-state index contributed by atoms with van der Waals surface area (Å²) in [5, 5.41) is 0. The highest BCUT2D eigenvalue weighted by Gasteiger charge is 2.39. The molecule has 0 saturated heterocycles. The van der Waals surface area contributed by atoms with Gasteiger partial charge in [-0.05, 0) is 54.7 Å². The number of amides is 1.